The van der Waals surface area contributed by atoms with Crippen molar-refractivity contribution in [3.63, 3.8) is 0 Å². The number of rotatable bonds is 0. The Hall–Kier alpha value is -0.0400. The minimum absolute atomic E-state index is 0.290. The third kappa shape index (κ3) is 1.68. The molecule has 1 atom stereocenters. The molecule has 1 heteroatoms. The minimum Gasteiger partial charge on any atom is -0.313 e. The van der Waals surface area contributed by atoms with E-state index >= 15 is 0 Å². The van der Waals surface area contributed by atoms with Crippen molar-refractivity contribution in [2.45, 2.75) is 39.7 Å². The van der Waals surface area contributed by atoms with E-state index in [9.17, 15) is 0 Å². The number of hydrogen-bond donors (Lipinski definition) is 1. The van der Waals surface area contributed by atoms with Crippen LogP contribution in [-0.2, 0) is 0 Å². The highest BCUT2D eigenvalue weighted by atomic mass is 14.9. The Balaban J connectivity index is 2.55. The van der Waals surface area contributed by atoms with Crippen LogP contribution in [0.15, 0.2) is 0 Å². The molecule has 1 heterocycles. The fourth-order valence-electron chi connectivity index (χ4n) is 1.33. The molecule has 0 aliphatic carbocycles. The van der Waals surface area contributed by atoms with Gasteiger partial charge < -0.3 is 5.31 Å². The van der Waals surface area contributed by atoms with Gasteiger partial charge >= 0.3 is 0 Å². The van der Waals surface area contributed by atoms with Gasteiger partial charge in [0.05, 0.1) is 0 Å². The van der Waals surface area contributed by atoms with Crippen LogP contribution in [0.3, 0.4) is 0 Å². The van der Waals surface area contributed by atoms with E-state index in [2.05, 4.69) is 20.8 Å². The maximum Gasteiger partial charge on any atom is 0.122 e. The molecular formula is C8H17N. The molecule has 0 aromatic rings. The first-order valence-corrected chi connectivity index (χ1v) is 3.77. The van der Waals surface area contributed by atoms with Crippen molar-refractivity contribution in [1.29, 1.82) is 0 Å². The molecule has 1 N–H and O–H groups in total. The van der Waals surface area contributed by atoms with E-state index in [1.165, 1.54) is 12.8 Å². The Bertz CT molecular complexity index is 117. The van der Waals surface area contributed by atoms with Gasteiger partial charge in [0.15, 0.2) is 0 Å². The summed E-state index contributed by atoms with van der Waals surface area (Å²) in [6, 6.07) is 0.479. The zero-order valence-corrected chi connectivity index (χ0v) is 6.65. The Labute approximate surface area is 59.3 Å². The van der Waals surface area contributed by atoms with Gasteiger partial charge in [-0.25, -0.2) is 0 Å². The molecule has 1 rings (SSSR count). The van der Waals surface area contributed by atoms with E-state index < -0.39 is 0 Å². The van der Waals surface area contributed by atoms with Crippen molar-refractivity contribution < 1.29 is 1.41 Å². The Morgan fingerprint density at radius 1 is 1.56 bits per heavy atom. The second-order valence-corrected chi connectivity index (χ2v) is 3.93. The Morgan fingerprint density at radius 3 is 2.44 bits per heavy atom. The lowest BCUT2D eigenvalue weighted by molar-refractivity contribution is 0.295. The van der Waals surface area contributed by atoms with Crippen LogP contribution in [0, 0.1) is 5.41 Å². The monoisotopic (exact) mass is 128 g/mol. The molecule has 0 radical (unpaired) electrons. The molecule has 1 aliphatic rings. The van der Waals surface area contributed by atoms with Gasteiger partial charge in [-0.05, 0) is 24.8 Å². The predicted molar refractivity (Wildman–Crippen MR) is 40.5 cm³/mol. The topological polar surface area (TPSA) is 12.0 Å². The van der Waals surface area contributed by atoms with Crippen LogP contribution >= 0.6 is 0 Å². The average molecular weight is 128 g/mol. The highest BCUT2D eigenvalue weighted by molar-refractivity contribution is 4.84. The molecule has 0 bridgehead atoms. The van der Waals surface area contributed by atoms with Gasteiger partial charge in [0.2, 0.25) is 0 Å². The molecule has 0 saturated carbocycles. The van der Waals surface area contributed by atoms with Crippen LogP contribution in [0.1, 0.15) is 33.6 Å². The Kier molecular flexibility index (Phi) is 1.46. The van der Waals surface area contributed by atoms with Crippen LogP contribution in [-0.4, -0.2) is 12.6 Å². The molecule has 0 unspecified atom stereocenters. The van der Waals surface area contributed by atoms with Gasteiger partial charge in [-0.1, -0.05) is 20.8 Å². The maximum atomic E-state index is 7.58. The lowest BCUT2D eigenvalue weighted by atomic mass is 9.86. The van der Waals surface area contributed by atoms with Crippen LogP contribution in [0.25, 0.3) is 0 Å². The van der Waals surface area contributed by atoms with E-state index in [1.807, 2.05) is 0 Å². The van der Waals surface area contributed by atoms with Gasteiger partial charge in [0.25, 0.3) is 0 Å². The molecular weight excluding hydrogens is 110 g/mol. The van der Waals surface area contributed by atoms with Crippen molar-refractivity contribution in [3.05, 3.63) is 0 Å². The summed E-state index contributed by atoms with van der Waals surface area (Å²) in [6.07, 6.45) is 2.40. The third-order valence-corrected chi connectivity index (χ3v) is 1.98. The summed E-state index contributed by atoms with van der Waals surface area (Å²) in [6.45, 7) is 7.60. The third-order valence-electron chi connectivity index (χ3n) is 1.98. The summed E-state index contributed by atoms with van der Waals surface area (Å²) in [5.74, 6) is 0. The van der Waals surface area contributed by atoms with Crippen molar-refractivity contribution in [1.82, 2.24) is 5.31 Å². The summed E-state index contributed by atoms with van der Waals surface area (Å²) in [7, 11) is 0. The van der Waals surface area contributed by atoms with Gasteiger partial charge in [0.1, 0.15) is 1.41 Å². The van der Waals surface area contributed by atoms with Gasteiger partial charge in [-0.15, -0.1) is 0 Å². The summed E-state index contributed by atoms with van der Waals surface area (Å²) in [4.78, 5) is 0. The van der Waals surface area contributed by atoms with Crippen LogP contribution < -0.4 is 5.31 Å². The van der Waals surface area contributed by atoms with E-state index in [-0.39, 0.29) is 5.41 Å². The normalized spacial score (nSPS) is 32.8. The molecule has 54 valence electrons. The maximum absolute atomic E-state index is 7.58. The molecule has 9 heavy (non-hydrogen) atoms. The quantitative estimate of drug-likeness (QED) is 0.524. The summed E-state index contributed by atoms with van der Waals surface area (Å²) in [5, 5.41) is 1.74. The number of hydrogen-bond acceptors (Lipinski definition) is 1. The Morgan fingerprint density at radius 2 is 2.22 bits per heavy atom. The van der Waals surface area contributed by atoms with Crippen molar-refractivity contribution in [2.24, 2.45) is 5.41 Å². The molecule has 1 aliphatic heterocycles. The first-order chi connectivity index (χ1) is 4.52. The lowest BCUT2D eigenvalue weighted by Crippen LogP contribution is -2.34. The van der Waals surface area contributed by atoms with Gasteiger partial charge in [-0.2, -0.15) is 0 Å². The van der Waals surface area contributed by atoms with Crippen molar-refractivity contribution in [2.75, 3.05) is 6.54 Å². The fourth-order valence-corrected chi connectivity index (χ4v) is 1.33. The van der Waals surface area contributed by atoms with Crippen molar-refractivity contribution >= 4 is 0 Å². The average Bonchev–Trinajstić information content (AvgIpc) is 2.11. The molecule has 0 aromatic heterocycles. The highest BCUT2D eigenvalue weighted by Gasteiger charge is 2.26. The molecule has 1 nitrogen and oxygen atoms in total. The van der Waals surface area contributed by atoms with E-state index in [1.54, 1.807) is 5.31 Å². The summed E-state index contributed by atoms with van der Waals surface area (Å²) < 4.78 is 7.58. The zero-order valence-electron chi connectivity index (χ0n) is 7.65. The minimum atomic E-state index is 0.290. The largest absolute Gasteiger partial charge is 0.313 e. The number of nitrogens with one attached hydrogen (secondary N) is 1. The zero-order chi connectivity index (χ0) is 7.78. The predicted octanol–water partition coefficient (Wildman–Crippen LogP) is 1.78. The summed E-state index contributed by atoms with van der Waals surface area (Å²) in [5.41, 5.74) is 0.290. The van der Waals surface area contributed by atoms with Gasteiger partial charge in [-0.3, -0.25) is 0 Å². The fraction of sp³-hybridized carbons (Fsp3) is 1.00. The molecule has 0 spiro atoms. The van der Waals surface area contributed by atoms with E-state index in [0.717, 1.165) is 6.54 Å². The van der Waals surface area contributed by atoms with E-state index in [0.29, 0.717) is 6.04 Å². The van der Waals surface area contributed by atoms with Crippen molar-refractivity contribution in [3.8, 4) is 0 Å². The highest BCUT2D eigenvalue weighted by Crippen LogP contribution is 2.25. The van der Waals surface area contributed by atoms with Crippen LogP contribution in [0.5, 0.6) is 0 Å². The first kappa shape index (κ1) is 5.72. The van der Waals surface area contributed by atoms with E-state index in [4.69, 9.17) is 1.41 Å². The summed E-state index contributed by atoms with van der Waals surface area (Å²) >= 11 is 0. The van der Waals surface area contributed by atoms with Crippen LogP contribution in [0.4, 0.5) is 0 Å². The molecule has 0 aromatic carbocycles. The molecule has 1 saturated heterocycles. The smallest absolute Gasteiger partial charge is 0.122 e. The lowest BCUT2D eigenvalue weighted by Gasteiger charge is -2.26. The molecule has 1 fully saturated rings. The molecule has 0 amide bonds. The van der Waals surface area contributed by atoms with Crippen LogP contribution in [0.2, 0.25) is 1.41 Å². The second kappa shape index (κ2) is 2.30. The second-order valence-electron chi connectivity index (χ2n) is 3.93. The van der Waals surface area contributed by atoms with Gasteiger partial charge in [0, 0.05) is 6.04 Å². The first-order valence-electron chi connectivity index (χ1n) is 4.22. The SMILES string of the molecule is [2H]N1CCC[C@H]1C(C)(C)C. The standard InChI is InChI=1S/C8H17N/c1-8(2,3)7-5-4-6-9-7/h7,9H,4-6H2,1-3H3/t7-/m0/s1/i/hD.